The van der Waals surface area contributed by atoms with Gasteiger partial charge in [-0.25, -0.2) is 9.78 Å². The highest BCUT2D eigenvalue weighted by Crippen LogP contribution is 2.55. The average Bonchev–Trinajstić information content (AvgIpc) is 3.60. The van der Waals surface area contributed by atoms with Crippen molar-refractivity contribution in [1.29, 1.82) is 0 Å². The number of alkyl halides is 1. The fraction of sp³-hybridized carbons (Fsp3) is 0.348. The van der Waals surface area contributed by atoms with E-state index >= 15 is 0 Å². The van der Waals surface area contributed by atoms with Gasteiger partial charge in [0.05, 0.1) is 11.7 Å². The third-order valence-electron chi connectivity index (χ3n) is 6.07. The van der Waals surface area contributed by atoms with Crippen molar-refractivity contribution in [3.63, 3.8) is 0 Å². The van der Waals surface area contributed by atoms with E-state index in [4.69, 9.17) is 25.9 Å². The van der Waals surface area contributed by atoms with Crippen LogP contribution in [0.1, 0.15) is 17.7 Å². The molecule has 1 aromatic carbocycles. The number of esters is 2. The molecule has 0 bridgehead atoms. The van der Waals surface area contributed by atoms with Crippen LogP contribution in [0.2, 0.25) is 0 Å². The molecule has 0 saturated carbocycles. The molecule has 4 atom stereocenters. The molecule has 2 N–H and O–H groups in total. The zero-order valence-corrected chi connectivity index (χ0v) is 22.5. The van der Waals surface area contributed by atoms with Gasteiger partial charge in [-0.05, 0) is 5.56 Å². The molecular formula is C23H20ClN5O8S2. The van der Waals surface area contributed by atoms with Crippen molar-refractivity contribution in [1.82, 2.24) is 15.2 Å². The first-order valence-corrected chi connectivity index (χ1v) is 13.8. The Balaban J connectivity index is 1.30. The Bertz CT molecular complexity index is 1370. The number of anilines is 1. The number of amides is 3. The van der Waals surface area contributed by atoms with Gasteiger partial charge in [-0.3, -0.25) is 24.1 Å². The molecule has 13 nitrogen and oxygen atoms in total. The molecule has 5 rings (SSSR count). The summed E-state index contributed by atoms with van der Waals surface area (Å²) < 4.78 is 10.9. The van der Waals surface area contributed by atoms with E-state index in [1.54, 1.807) is 24.3 Å². The normalized spacial score (nSPS) is 25.2. The summed E-state index contributed by atoms with van der Waals surface area (Å²) in [4.78, 5) is 73.4. The van der Waals surface area contributed by atoms with Gasteiger partial charge in [0.2, 0.25) is 5.91 Å². The summed E-state index contributed by atoms with van der Waals surface area (Å²) in [5, 5.41) is 9.06. The molecule has 16 heteroatoms. The van der Waals surface area contributed by atoms with Crippen LogP contribution in [0.4, 0.5) is 5.13 Å². The minimum atomic E-state index is -1.91. The maximum Gasteiger partial charge on any atom is 0.374 e. The van der Waals surface area contributed by atoms with Crippen LogP contribution in [0.3, 0.4) is 0 Å². The number of fused-ring (bicyclic) bond motifs is 3. The van der Waals surface area contributed by atoms with Crippen LogP contribution in [0.15, 0.2) is 40.9 Å². The number of thiazole rings is 1. The summed E-state index contributed by atoms with van der Waals surface area (Å²) >= 11 is 7.70. The summed E-state index contributed by atoms with van der Waals surface area (Å²) in [6.45, 7) is -0.0684. The van der Waals surface area contributed by atoms with Crippen LogP contribution in [0, 0.1) is 0 Å². The first-order chi connectivity index (χ1) is 18.8. The van der Waals surface area contributed by atoms with Crippen molar-refractivity contribution in [3.8, 4) is 0 Å². The Labute approximate surface area is 234 Å². The predicted octanol–water partition coefficient (Wildman–Crippen LogP) is 0.826. The average molecular weight is 594 g/mol. The van der Waals surface area contributed by atoms with Crippen molar-refractivity contribution in [2.24, 2.45) is 5.16 Å². The second kappa shape index (κ2) is 10.8. The Kier molecular flexibility index (Phi) is 7.46. The van der Waals surface area contributed by atoms with E-state index in [0.29, 0.717) is 0 Å². The third kappa shape index (κ3) is 4.81. The number of carbonyl (C=O) groups is 5. The molecule has 3 aliphatic rings. The second-order valence-electron chi connectivity index (χ2n) is 8.45. The Morgan fingerprint density at radius 2 is 2.05 bits per heavy atom. The van der Waals surface area contributed by atoms with Crippen molar-refractivity contribution >= 4 is 75.2 Å². The van der Waals surface area contributed by atoms with Gasteiger partial charge in [0, 0.05) is 5.38 Å². The second-order valence-corrected chi connectivity index (χ2v) is 10.9. The van der Waals surface area contributed by atoms with Gasteiger partial charge in [-0.1, -0.05) is 35.5 Å². The fourth-order valence-corrected chi connectivity index (χ4v) is 6.88. The van der Waals surface area contributed by atoms with Crippen LogP contribution >= 0.6 is 34.7 Å². The molecule has 1 aromatic heterocycles. The van der Waals surface area contributed by atoms with E-state index in [9.17, 15) is 24.0 Å². The molecule has 4 heterocycles. The first-order valence-electron chi connectivity index (χ1n) is 11.4. The quantitative estimate of drug-likeness (QED) is 0.140. The molecule has 0 unspecified atom stereocenters. The molecule has 3 amide bonds. The lowest BCUT2D eigenvalue weighted by molar-refractivity contribution is -0.208. The van der Waals surface area contributed by atoms with Crippen molar-refractivity contribution in [2.75, 3.05) is 18.3 Å². The highest BCUT2D eigenvalue weighted by molar-refractivity contribution is 8.01. The number of hydrogen-bond acceptors (Lipinski definition) is 12. The topological polar surface area (TPSA) is 166 Å². The van der Waals surface area contributed by atoms with E-state index in [0.717, 1.165) is 21.8 Å². The Morgan fingerprint density at radius 3 is 2.77 bits per heavy atom. The summed E-state index contributed by atoms with van der Waals surface area (Å²) in [7, 11) is 1.24. The number of aromatic nitrogens is 1. The lowest BCUT2D eigenvalue weighted by Gasteiger charge is -2.46. The van der Waals surface area contributed by atoms with Gasteiger partial charge in [-0.2, -0.15) is 0 Å². The predicted molar refractivity (Wildman–Crippen MR) is 139 cm³/mol. The summed E-state index contributed by atoms with van der Waals surface area (Å²) in [5.74, 6) is -3.63. The van der Waals surface area contributed by atoms with Gasteiger partial charge < -0.3 is 24.9 Å². The SMILES string of the molecule is CO/N=C(\C(=O)N[C@@H]1C(=O)N2[C@@H]1S[C@H]1CC(=O)O[C@]12C(=O)OCc1ccccc1)c1csc(NC(=O)CCl)n1. The molecule has 204 valence electrons. The monoisotopic (exact) mass is 593 g/mol. The van der Waals surface area contributed by atoms with Crippen LogP contribution < -0.4 is 10.6 Å². The highest BCUT2D eigenvalue weighted by Gasteiger charge is 2.75. The summed E-state index contributed by atoms with van der Waals surface area (Å²) in [6, 6.07) is 7.90. The van der Waals surface area contributed by atoms with Gasteiger partial charge >= 0.3 is 11.9 Å². The molecule has 3 fully saturated rings. The number of oxime groups is 1. The standard InChI is InChI=1S/C23H20ClN5O8S2/c1-35-28-16(12-10-38-22(25-12)26-14(30)8-24)18(32)27-17-19(33)29-20(17)39-13-7-15(31)37-23(13,29)21(34)36-9-11-5-3-2-4-6-11/h2-6,10,13,17,20H,7-9H2,1H3,(H,27,32)(H,25,26,30)/b28-16-/t13-,17+,20+,23-/m0/s1. The Morgan fingerprint density at radius 1 is 1.28 bits per heavy atom. The van der Waals surface area contributed by atoms with Gasteiger partial charge in [0.15, 0.2) is 10.8 Å². The zero-order valence-electron chi connectivity index (χ0n) is 20.1. The number of benzene rings is 1. The molecular weight excluding hydrogens is 574 g/mol. The van der Waals surface area contributed by atoms with Crippen molar-refractivity contribution < 1.29 is 38.3 Å². The van der Waals surface area contributed by atoms with E-state index in [-0.39, 0.29) is 35.4 Å². The number of nitrogens with one attached hydrogen (secondary N) is 2. The van der Waals surface area contributed by atoms with Crippen LogP contribution in [-0.4, -0.2) is 80.6 Å². The molecule has 0 aliphatic carbocycles. The van der Waals surface area contributed by atoms with Crippen LogP contribution in [0.25, 0.3) is 0 Å². The maximum absolute atomic E-state index is 13.2. The summed E-state index contributed by atoms with van der Waals surface area (Å²) in [5.41, 5.74) is -1.33. The molecule has 0 radical (unpaired) electrons. The van der Waals surface area contributed by atoms with E-state index in [1.165, 1.54) is 24.3 Å². The molecule has 0 spiro atoms. The number of nitrogens with zero attached hydrogens (tertiary/aromatic N) is 3. The number of halogens is 1. The molecule has 3 saturated heterocycles. The smallest absolute Gasteiger partial charge is 0.374 e. The minimum Gasteiger partial charge on any atom is -0.456 e. The number of rotatable bonds is 9. The number of hydrogen-bond donors (Lipinski definition) is 2. The van der Waals surface area contributed by atoms with Gasteiger partial charge in [-0.15, -0.1) is 34.7 Å². The lowest BCUT2D eigenvalue weighted by Crippen LogP contribution is -2.75. The third-order valence-corrected chi connectivity index (χ3v) is 8.64. The van der Waals surface area contributed by atoms with Crippen LogP contribution in [0.5, 0.6) is 0 Å². The highest BCUT2D eigenvalue weighted by atomic mass is 35.5. The lowest BCUT2D eigenvalue weighted by atomic mass is 9.98. The maximum atomic E-state index is 13.2. The van der Waals surface area contributed by atoms with Gasteiger partial charge in [0.25, 0.3) is 17.5 Å². The Hall–Kier alpha value is -3.69. The molecule has 39 heavy (non-hydrogen) atoms. The molecule has 2 aromatic rings. The van der Waals surface area contributed by atoms with E-state index in [2.05, 4.69) is 20.8 Å². The minimum absolute atomic E-state index is 0.0684. The summed E-state index contributed by atoms with van der Waals surface area (Å²) in [6.07, 6.45) is -0.0992. The largest absolute Gasteiger partial charge is 0.456 e. The number of β-lactam (4-membered cyclic amide) rings is 1. The van der Waals surface area contributed by atoms with Crippen molar-refractivity contribution in [3.05, 3.63) is 47.0 Å². The fourth-order valence-electron chi connectivity index (χ4n) is 4.37. The number of ether oxygens (including phenoxy) is 2. The number of carbonyl (C=O) groups excluding carboxylic acids is 5. The van der Waals surface area contributed by atoms with Crippen molar-refractivity contribution in [2.45, 2.75) is 35.4 Å². The van der Waals surface area contributed by atoms with Gasteiger partial charge in [0.1, 0.15) is 36.7 Å². The first kappa shape index (κ1) is 26.9. The number of thioether (sulfide) groups is 1. The van der Waals surface area contributed by atoms with Crippen LogP contribution in [-0.2, 0) is 44.9 Å². The zero-order chi connectivity index (χ0) is 27.7. The molecule has 3 aliphatic heterocycles. The van der Waals surface area contributed by atoms with E-state index in [1.807, 2.05) is 6.07 Å². The van der Waals surface area contributed by atoms with E-state index < -0.39 is 52.1 Å².